The molecule has 1 nitrogen and oxygen atoms in total. The van der Waals surface area contributed by atoms with Crippen LogP contribution in [0.5, 0.6) is 5.75 Å². The fourth-order valence-electron chi connectivity index (χ4n) is 2.07. The molecule has 2 rings (SSSR count). The zero-order chi connectivity index (χ0) is 14.8. The maximum atomic E-state index is 14.4. The van der Waals surface area contributed by atoms with E-state index in [0.717, 1.165) is 5.56 Å². The molecule has 2 aromatic rings. The summed E-state index contributed by atoms with van der Waals surface area (Å²) in [4.78, 5) is 0. The van der Waals surface area contributed by atoms with Gasteiger partial charge in [-0.15, -0.1) is 0 Å². The van der Waals surface area contributed by atoms with Crippen molar-refractivity contribution in [2.45, 2.75) is 26.2 Å². The quantitative estimate of drug-likeness (QED) is 0.771. The molecule has 0 aliphatic carbocycles. The topological polar surface area (TPSA) is 9.23 Å². The van der Waals surface area contributed by atoms with Gasteiger partial charge in [0.15, 0.2) is 11.6 Å². The Morgan fingerprint density at radius 3 is 2.20 bits per heavy atom. The smallest absolute Gasteiger partial charge is 0.167 e. The van der Waals surface area contributed by atoms with Crippen LogP contribution in [0.25, 0.3) is 0 Å². The normalized spacial score (nSPS) is 11.4. The molecule has 106 valence electrons. The highest BCUT2D eigenvalue weighted by molar-refractivity contribution is 6.88. The molecule has 4 heteroatoms. The number of benzene rings is 2. The van der Waals surface area contributed by atoms with E-state index in [1.807, 2.05) is 50.0 Å². The van der Waals surface area contributed by atoms with Crippen molar-refractivity contribution in [3.05, 3.63) is 59.7 Å². The SMILES string of the molecule is C[Si](C)(C)c1c(F)ccc(OCc2ccccc2)c1F. The maximum absolute atomic E-state index is 14.4. The van der Waals surface area contributed by atoms with E-state index in [1.165, 1.54) is 12.1 Å². The number of ether oxygens (including phenoxy) is 1. The Labute approximate surface area is 119 Å². The predicted molar refractivity (Wildman–Crippen MR) is 80.1 cm³/mol. The third-order valence-electron chi connectivity index (χ3n) is 3.04. The van der Waals surface area contributed by atoms with Gasteiger partial charge >= 0.3 is 0 Å². The van der Waals surface area contributed by atoms with Crippen LogP contribution >= 0.6 is 0 Å². The average Bonchev–Trinajstić information content (AvgIpc) is 2.37. The molecule has 0 aliphatic rings. The van der Waals surface area contributed by atoms with Crippen LogP contribution < -0.4 is 9.92 Å². The van der Waals surface area contributed by atoms with Gasteiger partial charge in [-0.2, -0.15) is 0 Å². The lowest BCUT2D eigenvalue weighted by atomic mass is 10.2. The van der Waals surface area contributed by atoms with Gasteiger partial charge in [-0.05, 0) is 17.7 Å². The van der Waals surface area contributed by atoms with Crippen LogP contribution in [0.3, 0.4) is 0 Å². The van der Waals surface area contributed by atoms with E-state index in [2.05, 4.69) is 0 Å². The van der Waals surface area contributed by atoms with Crippen LogP contribution in [0.2, 0.25) is 19.6 Å². The fourth-order valence-corrected chi connectivity index (χ4v) is 3.65. The van der Waals surface area contributed by atoms with Gasteiger partial charge < -0.3 is 4.74 Å². The summed E-state index contributed by atoms with van der Waals surface area (Å²) in [6.45, 7) is 6.01. The van der Waals surface area contributed by atoms with Crippen molar-refractivity contribution in [2.75, 3.05) is 0 Å². The molecule has 2 aromatic carbocycles. The van der Waals surface area contributed by atoms with Gasteiger partial charge in [0, 0.05) is 5.19 Å². The molecule has 0 radical (unpaired) electrons. The predicted octanol–water partition coefficient (Wildman–Crippen LogP) is 4.09. The summed E-state index contributed by atoms with van der Waals surface area (Å²) in [5.74, 6) is -0.915. The van der Waals surface area contributed by atoms with Gasteiger partial charge in [0.25, 0.3) is 0 Å². The lowest BCUT2D eigenvalue weighted by Crippen LogP contribution is -2.42. The largest absolute Gasteiger partial charge is 0.486 e. The van der Waals surface area contributed by atoms with Crippen LogP contribution in [0.15, 0.2) is 42.5 Å². The molecule has 0 atom stereocenters. The molecule has 0 spiro atoms. The van der Waals surface area contributed by atoms with Gasteiger partial charge in [0.2, 0.25) is 0 Å². The van der Waals surface area contributed by atoms with Crippen molar-refractivity contribution >= 4 is 13.3 Å². The van der Waals surface area contributed by atoms with Crippen LogP contribution in [-0.4, -0.2) is 8.07 Å². The molecule has 0 aliphatic heterocycles. The molecular weight excluding hydrogens is 274 g/mol. The first kappa shape index (κ1) is 14.7. The Kier molecular flexibility index (Phi) is 4.23. The zero-order valence-electron chi connectivity index (χ0n) is 11.9. The highest BCUT2D eigenvalue weighted by Gasteiger charge is 2.27. The average molecular weight is 292 g/mol. The Hall–Kier alpha value is -1.68. The number of rotatable bonds is 4. The van der Waals surface area contributed by atoms with Gasteiger partial charge in [-0.1, -0.05) is 50.0 Å². The summed E-state index contributed by atoms with van der Waals surface area (Å²) >= 11 is 0. The van der Waals surface area contributed by atoms with E-state index >= 15 is 0 Å². The van der Waals surface area contributed by atoms with Crippen LogP contribution in [0.4, 0.5) is 8.78 Å². The van der Waals surface area contributed by atoms with Gasteiger partial charge in [0.05, 0.1) is 8.07 Å². The monoisotopic (exact) mass is 292 g/mol. The molecule has 0 heterocycles. The van der Waals surface area contributed by atoms with Gasteiger partial charge in [-0.25, -0.2) is 8.78 Å². The van der Waals surface area contributed by atoms with E-state index in [0.29, 0.717) is 0 Å². The molecule has 0 fully saturated rings. The first-order valence-electron chi connectivity index (χ1n) is 6.55. The second-order valence-electron chi connectivity index (χ2n) is 5.76. The second-order valence-corrected chi connectivity index (χ2v) is 10.8. The van der Waals surface area contributed by atoms with Gasteiger partial charge in [0.1, 0.15) is 12.4 Å². The third kappa shape index (κ3) is 3.25. The van der Waals surface area contributed by atoms with Crippen LogP contribution in [-0.2, 0) is 6.61 Å². The Morgan fingerprint density at radius 2 is 1.60 bits per heavy atom. The summed E-state index contributed by atoms with van der Waals surface area (Å²) in [5.41, 5.74) is 0.950. The lowest BCUT2D eigenvalue weighted by Gasteiger charge is -2.20. The molecule has 0 N–H and O–H groups in total. The number of hydrogen-bond acceptors (Lipinski definition) is 1. The molecule has 0 bridgehead atoms. The zero-order valence-corrected chi connectivity index (χ0v) is 12.9. The van der Waals surface area contributed by atoms with E-state index in [1.54, 1.807) is 0 Å². The van der Waals surface area contributed by atoms with Crippen LogP contribution in [0, 0.1) is 11.6 Å². The lowest BCUT2D eigenvalue weighted by molar-refractivity contribution is 0.290. The highest BCUT2D eigenvalue weighted by atomic mass is 28.3. The van der Waals surface area contributed by atoms with E-state index in [9.17, 15) is 8.78 Å². The molecular formula is C16H18F2OSi. The van der Waals surface area contributed by atoms with Crippen LogP contribution in [0.1, 0.15) is 5.56 Å². The van der Waals surface area contributed by atoms with Crippen molar-refractivity contribution in [3.63, 3.8) is 0 Å². The molecule has 0 saturated heterocycles. The molecule has 0 amide bonds. The number of hydrogen-bond donors (Lipinski definition) is 0. The van der Waals surface area contributed by atoms with Crippen molar-refractivity contribution in [1.29, 1.82) is 0 Å². The summed E-state index contributed by atoms with van der Waals surface area (Å²) < 4.78 is 33.7. The third-order valence-corrected chi connectivity index (χ3v) is 5.00. The minimum atomic E-state index is -2.09. The second kappa shape index (κ2) is 5.75. The minimum Gasteiger partial charge on any atom is -0.486 e. The summed E-state index contributed by atoms with van der Waals surface area (Å²) in [7, 11) is -2.09. The first-order chi connectivity index (χ1) is 9.39. The van der Waals surface area contributed by atoms with E-state index in [-0.39, 0.29) is 17.5 Å². The van der Waals surface area contributed by atoms with Crippen molar-refractivity contribution < 1.29 is 13.5 Å². The molecule has 0 aromatic heterocycles. The molecule has 0 saturated carbocycles. The Balaban J connectivity index is 2.26. The highest BCUT2D eigenvalue weighted by Crippen LogP contribution is 2.21. The minimum absolute atomic E-state index is 0.118. The van der Waals surface area contributed by atoms with Gasteiger partial charge in [-0.3, -0.25) is 0 Å². The fraction of sp³-hybridized carbons (Fsp3) is 0.250. The summed E-state index contributed by atoms with van der Waals surface area (Å²) in [6, 6.07) is 12.2. The maximum Gasteiger partial charge on any atom is 0.167 e. The van der Waals surface area contributed by atoms with Crippen molar-refractivity contribution in [2.24, 2.45) is 0 Å². The van der Waals surface area contributed by atoms with Crippen molar-refractivity contribution in [3.8, 4) is 5.75 Å². The summed E-state index contributed by atoms with van der Waals surface area (Å²) in [6.07, 6.45) is 0. The van der Waals surface area contributed by atoms with Crippen molar-refractivity contribution in [1.82, 2.24) is 0 Å². The van der Waals surface area contributed by atoms with E-state index < -0.39 is 19.7 Å². The molecule has 20 heavy (non-hydrogen) atoms. The van der Waals surface area contributed by atoms with E-state index in [4.69, 9.17) is 4.74 Å². The first-order valence-corrected chi connectivity index (χ1v) is 10.0. The Bertz CT molecular complexity index is 591. The Morgan fingerprint density at radius 1 is 0.950 bits per heavy atom. The number of halogens is 2. The molecule has 0 unspecified atom stereocenters. The standard InChI is InChI=1S/C16H18F2OSi/c1-20(2,3)16-13(17)9-10-14(15(16)18)19-11-12-7-5-4-6-8-12/h4-10H,11H2,1-3H3. The summed E-state index contributed by atoms with van der Waals surface area (Å²) in [5, 5.41) is 0.197.